The molecule has 1 amide bonds. The minimum atomic E-state index is -0.444. The van der Waals surface area contributed by atoms with Crippen LogP contribution in [0.2, 0.25) is 0 Å². The van der Waals surface area contributed by atoms with Crippen LogP contribution in [0.15, 0.2) is 18.2 Å². The summed E-state index contributed by atoms with van der Waals surface area (Å²) in [7, 11) is 0. The number of rotatable bonds is 7. The fourth-order valence-electron chi connectivity index (χ4n) is 2.94. The molecule has 2 rings (SSSR count). The van der Waals surface area contributed by atoms with Crippen LogP contribution in [0, 0.1) is 0 Å². The fourth-order valence-corrected chi connectivity index (χ4v) is 2.94. The Morgan fingerprint density at radius 1 is 1.28 bits per heavy atom. The number of nitrogens with one attached hydrogen (secondary N) is 2. The molecule has 0 bridgehead atoms. The first-order valence-electron chi connectivity index (χ1n) is 9.31. The number of amides is 1. The third-order valence-corrected chi connectivity index (χ3v) is 4.18. The zero-order valence-electron chi connectivity index (χ0n) is 16.0. The van der Waals surface area contributed by atoms with E-state index in [1.54, 1.807) is 0 Å². The quantitative estimate of drug-likeness (QED) is 0.732. The molecule has 0 aromatic heterocycles. The highest BCUT2D eigenvalue weighted by molar-refractivity contribution is 5.67. The molecule has 1 aliphatic heterocycles. The van der Waals surface area contributed by atoms with Crippen LogP contribution in [0.4, 0.5) is 4.79 Å². The number of hydrogen-bond donors (Lipinski definition) is 2. The molecule has 1 aromatic carbocycles. The summed E-state index contributed by atoms with van der Waals surface area (Å²) in [5, 5.41) is 6.25. The molecule has 5 nitrogen and oxygen atoms in total. The zero-order chi connectivity index (χ0) is 18.3. The average Bonchev–Trinajstić information content (AvgIpc) is 2.52. The van der Waals surface area contributed by atoms with E-state index >= 15 is 0 Å². The molecule has 140 valence electrons. The van der Waals surface area contributed by atoms with Gasteiger partial charge < -0.3 is 20.1 Å². The van der Waals surface area contributed by atoms with Gasteiger partial charge in [0.2, 0.25) is 0 Å². The molecule has 1 aromatic rings. The second-order valence-electron chi connectivity index (χ2n) is 7.62. The monoisotopic (exact) mass is 348 g/mol. The van der Waals surface area contributed by atoms with Gasteiger partial charge in [0.05, 0.1) is 6.61 Å². The van der Waals surface area contributed by atoms with Gasteiger partial charge in [0.1, 0.15) is 11.4 Å². The van der Waals surface area contributed by atoms with Crippen LogP contribution in [-0.4, -0.2) is 31.4 Å². The highest BCUT2D eigenvalue weighted by Gasteiger charge is 2.16. The van der Waals surface area contributed by atoms with Crippen molar-refractivity contribution in [2.75, 3.05) is 19.7 Å². The summed E-state index contributed by atoms with van der Waals surface area (Å²) in [6.07, 6.45) is 3.64. The van der Waals surface area contributed by atoms with Crippen molar-refractivity contribution < 1.29 is 14.3 Å². The van der Waals surface area contributed by atoms with E-state index in [2.05, 4.69) is 35.8 Å². The molecule has 1 heterocycles. The van der Waals surface area contributed by atoms with E-state index in [1.807, 2.05) is 20.8 Å². The van der Waals surface area contributed by atoms with E-state index < -0.39 is 5.60 Å². The third-order valence-electron chi connectivity index (χ3n) is 4.18. The maximum atomic E-state index is 11.5. The first kappa shape index (κ1) is 19.6. The van der Waals surface area contributed by atoms with Crippen LogP contribution in [-0.2, 0) is 11.2 Å². The highest BCUT2D eigenvalue weighted by atomic mass is 16.6. The van der Waals surface area contributed by atoms with Gasteiger partial charge in [-0.3, -0.25) is 0 Å². The summed E-state index contributed by atoms with van der Waals surface area (Å²) in [5.41, 5.74) is 2.33. The molecule has 1 aliphatic rings. The average molecular weight is 348 g/mol. The van der Waals surface area contributed by atoms with Gasteiger partial charge >= 0.3 is 6.09 Å². The van der Waals surface area contributed by atoms with E-state index in [0.717, 1.165) is 38.0 Å². The van der Waals surface area contributed by atoms with Gasteiger partial charge in [-0.25, -0.2) is 4.79 Å². The Kier molecular flexibility index (Phi) is 7.12. The first-order valence-corrected chi connectivity index (χ1v) is 9.31. The summed E-state index contributed by atoms with van der Waals surface area (Å²) in [4.78, 5) is 11.5. The van der Waals surface area contributed by atoms with E-state index in [0.29, 0.717) is 19.2 Å². The number of ether oxygens (including phenoxy) is 2. The lowest BCUT2D eigenvalue weighted by Gasteiger charge is -2.24. The normalized spacial score (nSPS) is 16.9. The number of carbonyl (C=O) groups is 1. The molecule has 25 heavy (non-hydrogen) atoms. The van der Waals surface area contributed by atoms with Crippen molar-refractivity contribution in [3.05, 3.63) is 29.3 Å². The predicted octanol–water partition coefficient (Wildman–Crippen LogP) is 3.97. The fraction of sp³-hybridized carbons (Fsp3) is 0.650. The van der Waals surface area contributed by atoms with E-state index in [9.17, 15) is 4.79 Å². The Bertz CT molecular complexity index is 567. The standard InChI is InChI=1S/C20H32N2O3/c1-15-18-9-8-17(14-16(18)10-12-21-15)24-13-7-5-6-11-22-19(23)25-20(2,3)4/h8-9,14-15,21H,5-7,10-13H2,1-4H3,(H,22,23). The molecular formula is C20H32N2O3. The summed E-state index contributed by atoms with van der Waals surface area (Å²) >= 11 is 0. The lowest BCUT2D eigenvalue weighted by Crippen LogP contribution is -2.33. The zero-order valence-corrected chi connectivity index (χ0v) is 16.0. The van der Waals surface area contributed by atoms with Crippen molar-refractivity contribution in [2.45, 2.75) is 65.0 Å². The molecule has 1 atom stereocenters. The minimum Gasteiger partial charge on any atom is -0.494 e. The molecule has 0 spiro atoms. The van der Waals surface area contributed by atoms with E-state index in [1.165, 1.54) is 11.1 Å². The Morgan fingerprint density at radius 2 is 2.08 bits per heavy atom. The SMILES string of the molecule is CC1NCCc2cc(OCCCCCNC(=O)OC(C)(C)C)ccc21. The maximum absolute atomic E-state index is 11.5. The van der Waals surface area contributed by atoms with Crippen LogP contribution in [0.25, 0.3) is 0 Å². The molecule has 0 saturated carbocycles. The van der Waals surface area contributed by atoms with Crippen molar-refractivity contribution in [3.63, 3.8) is 0 Å². The van der Waals surface area contributed by atoms with Crippen LogP contribution >= 0.6 is 0 Å². The summed E-state index contributed by atoms with van der Waals surface area (Å²) in [5.74, 6) is 0.958. The Morgan fingerprint density at radius 3 is 2.84 bits per heavy atom. The van der Waals surface area contributed by atoms with Crippen LogP contribution in [0.1, 0.15) is 64.1 Å². The Labute approximate surface area is 151 Å². The minimum absolute atomic E-state index is 0.346. The molecule has 0 aliphatic carbocycles. The maximum Gasteiger partial charge on any atom is 0.407 e. The Hall–Kier alpha value is -1.75. The highest BCUT2D eigenvalue weighted by Crippen LogP contribution is 2.26. The van der Waals surface area contributed by atoms with Gasteiger partial charge in [0.15, 0.2) is 0 Å². The van der Waals surface area contributed by atoms with Crippen molar-refractivity contribution in [1.82, 2.24) is 10.6 Å². The van der Waals surface area contributed by atoms with Crippen LogP contribution in [0.5, 0.6) is 5.75 Å². The molecule has 0 fully saturated rings. The van der Waals surface area contributed by atoms with Gasteiger partial charge in [0.25, 0.3) is 0 Å². The summed E-state index contributed by atoms with van der Waals surface area (Å²) in [6.45, 7) is 10.2. The second kappa shape index (κ2) is 9.09. The third kappa shape index (κ3) is 6.94. The van der Waals surface area contributed by atoms with Gasteiger partial charge in [-0.1, -0.05) is 6.07 Å². The summed E-state index contributed by atoms with van der Waals surface area (Å²) < 4.78 is 11.1. The van der Waals surface area contributed by atoms with Crippen molar-refractivity contribution in [3.8, 4) is 5.75 Å². The predicted molar refractivity (Wildman–Crippen MR) is 100 cm³/mol. The van der Waals surface area contributed by atoms with Crippen molar-refractivity contribution >= 4 is 6.09 Å². The first-order chi connectivity index (χ1) is 11.8. The van der Waals surface area contributed by atoms with Crippen LogP contribution in [0.3, 0.4) is 0 Å². The van der Waals surface area contributed by atoms with E-state index in [-0.39, 0.29) is 6.09 Å². The topological polar surface area (TPSA) is 59.6 Å². The summed E-state index contributed by atoms with van der Waals surface area (Å²) in [6, 6.07) is 6.84. The van der Waals surface area contributed by atoms with Gasteiger partial charge in [0, 0.05) is 12.6 Å². The Balaban J connectivity index is 1.58. The largest absolute Gasteiger partial charge is 0.494 e. The number of hydrogen-bond acceptors (Lipinski definition) is 4. The number of unbranched alkanes of at least 4 members (excludes halogenated alkanes) is 2. The van der Waals surface area contributed by atoms with Gasteiger partial charge in [-0.15, -0.1) is 0 Å². The number of benzene rings is 1. The van der Waals surface area contributed by atoms with Gasteiger partial charge in [-0.05, 0) is 83.2 Å². The smallest absolute Gasteiger partial charge is 0.407 e. The molecule has 5 heteroatoms. The molecule has 0 saturated heterocycles. The molecular weight excluding hydrogens is 316 g/mol. The van der Waals surface area contributed by atoms with E-state index in [4.69, 9.17) is 9.47 Å². The van der Waals surface area contributed by atoms with Crippen LogP contribution < -0.4 is 15.4 Å². The van der Waals surface area contributed by atoms with Crippen molar-refractivity contribution in [1.29, 1.82) is 0 Å². The lowest BCUT2D eigenvalue weighted by atomic mass is 9.95. The number of fused-ring (bicyclic) bond motifs is 1. The molecule has 1 unspecified atom stereocenters. The van der Waals surface area contributed by atoms with Crippen molar-refractivity contribution in [2.24, 2.45) is 0 Å². The number of carbonyl (C=O) groups excluding carboxylic acids is 1. The number of alkyl carbamates (subject to hydrolysis) is 1. The second-order valence-corrected chi connectivity index (χ2v) is 7.62. The van der Waals surface area contributed by atoms with Gasteiger partial charge in [-0.2, -0.15) is 0 Å². The molecule has 2 N–H and O–H groups in total. The lowest BCUT2D eigenvalue weighted by molar-refractivity contribution is 0.0527. The molecule has 0 radical (unpaired) electrons.